The highest BCUT2D eigenvalue weighted by Crippen LogP contribution is 2.26. The first-order valence-corrected chi connectivity index (χ1v) is 9.31. The van der Waals surface area contributed by atoms with E-state index in [4.69, 9.17) is 0 Å². The summed E-state index contributed by atoms with van der Waals surface area (Å²) < 4.78 is 0. The van der Waals surface area contributed by atoms with Crippen LogP contribution in [0.3, 0.4) is 0 Å². The SMILES string of the molecule is C=CCN(C(=O)NC(C)(C)c1cccc(C(=C)C)c1)C1CCCCC1. The molecule has 1 saturated carbocycles. The molecular formula is C22H32N2O. The lowest BCUT2D eigenvalue weighted by molar-refractivity contribution is 0.155. The standard InChI is InChI=1S/C22H32N2O/c1-6-15-24(20-13-8-7-9-14-20)21(25)23-22(4,5)19-12-10-11-18(16-19)17(2)3/h6,10-12,16,20H,1-2,7-9,13-15H2,3-5H3,(H,23,25). The van der Waals surface area contributed by atoms with Gasteiger partial charge in [-0.3, -0.25) is 0 Å². The van der Waals surface area contributed by atoms with Crippen LogP contribution in [0.25, 0.3) is 5.57 Å². The molecule has 1 aromatic rings. The molecule has 1 aromatic carbocycles. The molecule has 0 aliphatic heterocycles. The maximum atomic E-state index is 13.0. The number of carbonyl (C=O) groups is 1. The Morgan fingerprint density at radius 1 is 1.32 bits per heavy atom. The van der Waals surface area contributed by atoms with E-state index in [1.165, 1.54) is 19.3 Å². The first-order valence-electron chi connectivity index (χ1n) is 9.31. The normalized spacial score (nSPS) is 15.5. The Hall–Kier alpha value is -2.03. The van der Waals surface area contributed by atoms with Crippen LogP contribution < -0.4 is 5.32 Å². The van der Waals surface area contributed by atoms with Gasteiger partial charge in [-0.2, -0.15) is 0 Å². The van der Waals surface area contributed by atoms with Crippen molar-refractivity contribution in [1.29, 1.82) is 0 Å². The second kappa shape index (κ2) is 8.37. The van der Waals surface area contributed by atoms with Crippen LogP contribution in [0.4, 0.5) is 4.79 Å². The van der Waals surface area contributed by atoms with Crippen LogP contribution in [0, 0.1) is 0 Å². The van der Waals surface area contributed by atoms with Crippen LogP contribution in [0.2, 0.25) is 0 Å². The van der Waals surface area contributed by atoms with Crippen LogP contribution in [0.5, 0.6) is 0 Å². The van der Waals surface area contributed by atoms with Crippen molar-refractivity contribution >= 4 is 11.6 Å². The topological polar surface area (TPSA) is 32.3 Å². The molecule has 0 spiro atoms. The van der Waals surface area contributed by atoms with Crippen molar-refractivity contribution in [2.75, 3.05) is 6.54 Å². The van der Waals surface area contributed by atoms with E-state index in [0.717, 1.165) is 29.5 Å². The third kappa shape index (κ3) is 4.97. The number of urea groups is 1. The molecule has 0 atom stereocenters. The average Bonchev–Trinajstić information content (AvgIpc) is 2.60. The monoisotopic (exact) mass is 340 g/mol. The lowest BCUT2D eigenvalue weighted by Crippen LogP contribution is -2.52. The second-order valence-electron chi connectivity index (χ2n) is 7.65. The molecule has 1 aliphatic carbocycles. The number of nitrogens with zero attached hydrogens (tertiary/aromatic N) is 1. The Kier molecular flexibility index (Phi) is 6.46. The van der Waals surface area contributed by atoms with Gasteiger partial charge < -0.3 is 10.2 Å². The van der Waals surface area contributed by atoms with E-state index in [-0.39, 0.29) is 6.03 Å². The molecule has 1 N–H and O–H groups in total. The highest BCUT2D eigenvalue weighted by molar-refractivity contribution is 5.76. The fourth-order valence-corrected chi connectivity index (χ4v) is 3.51. The van der Waals surface area contributed by atoms with Crippen molar-refractivity contribution in [3.8, 4) is 0 Å². The van der Waals surface area contributed by atoms with Crippen LogP contribution in [-0.2, 0) is 5.54 Å². The van der Waals surface area contributed by atoms with Crippen LogP contribution >= 0.6 is 0 Å². The average molecular weight is 341 g/mol. The zero-order valence-corrected chi connectivity index (χ0v) is 16.0. The molecule has 1 aliphatic rings. The highest BCUT2D eigenvalue weighted by Gasteiger charge is 2.29. The van der Waals surface area contributed by atoms with E-state index < -0.39 is 5.54 Å². The van der Waals surface area contributed by atoms with Gasteiger partial charge in [0.15, 0.2) is 0 Å². The maximum Gasteiger partial charge on any atom is 0.318 e. The Morgan fingerprint density at radius 2 is 2.00 bits per heavy atom. The predicted molar refractivity (Wildman–Crippen MR) is 106 cm³/mol. The minimum Gasteiger partial charge on any atom is -0.329 e. The Labute approximate surface area is 152 Å². The van der Waals surface area contributed by atoms with E-state index in [2.05, 4.69) is 50.5 Å². The highest BCUT2D eigenvalue weighted by atomic mass is 16.2. The van der Waals surface area contributed by atoms with Gasteiger partial charge >= 0.3 is 6.03 Å². The van der Waals surface area contributed by atoms with Gasteiger partial charge in [0.05, 0.1) is 5.54 Å². The summed E-state index contributed by atoms with van der Waals surface area (Å²) in [6.45, 7) is 14.5. The predicted octanol–water partition coefficient (Wildman–Crippen LogP) is 5.49. The summed E-state index contributed by atoms with van der Waals surface area (Å²) >= 11 is 0. The molecule has 2 rings (SSSR count). The van der Waals surface area contributed by atoms with Crippen LogP contribution in [-0.4, -0.2) is 23.5 Å². The number of carbonyl (C=O) groups excluding carboxylic acids is 1. The van der Waals surface area contributed by atoms with E-state index in [1.807, 2.05) is 24.0 Å². The molecule has 0 unspecified atom stereocenters. The quantitative estimate of drug-likeness (QED) is 0.683. The Bertz CT molecular complexity index is 627. The fourth-order valence-electron chi connectivity index (χ4n) is 3.51. The first kappa shape index (κ1) is 19.3. The number of rotatable bonds is 6. The smallest absolute Gasteiger partial charge is 0.318 e. The van der Waals surface area contributed by atoms with E-state index in [0.29, 0.717) is 12.6 Å². The van der Waals surface area contributed by atoms with Crippen LogP contribution in [0.1, 0.15) is 64.0 Å². The van der Waals surface area contributed by atoms with Gasteiger partial charge in [0, 0.05) is 12.6 Å². The summed E-state index contributed by atoms with van der Waals surface area (Å²) in [5, 5.41) is 3.23. The van der Waals surface area contributed by atoms with Gasteiger partial charge in [-0.15, -0.1) is 6.58 Å². The molecule has 25 heavy (non-hydrogen) atoms. The third-order valence-corrected chi connectivity index (χ3v) is 5.10. The Balaban J connectivity index is 2.16. The maximum absolute atomic E-state index is 13.0. The number of nitrogens with one attached hydrogen (secondary N) is 1. The van der Waals surface area contributed by atoms with E-state index >= 15 is 0 Å². The van der Waals surface area contributed by atoms with Gasteiger partial charge in [-0.1, -0.05) is 55.7 Å². The van der Waals surface area contributed by atoms with Gasteiger partial charge in [0.1, 0.15) is 0 Å². The van der Waals surface area contributed by atoms with Gasteiger partial charge in [0.25, 0.3) is 0 Å². The molecule has 0 bridgehead atoms. The van der Waals surface area contributed by atoms with Crippen molar-refractivity contribution in [3.63, 3.8) is 0 Å². The molecule has 0 saturated heterocycles. The number of hydrogen-bond acceptors (Lipinski definition) is 1. The molecule has 3 heteroatoms. The lowest BCUT2D eigenvalue weighted by atomic mass is 9.91. The molecule has 1 fully saturated rings. The first-order chi connectivity index (χ1) is 11.8. The molecular weight excluding hydrogens is 308 g/mol. The molecule has 0 heterocycles. The number of allylic oxidation sites excluding steroid dienone is 1. The number of hydrogen-bond donors (Lipinski definition) is 1. The van der Waals surface area contributed by atoms with Gasteiger partial charge in [-0.05, 0) is 50.8 Å². The number of amides is 2. The van der Waals surface area contributed by atoms with Crippen molar-refractivity contribution in [1.82, 2.24) is 10.2 Å². The summed E-state index contributed by atoms with van der Waals surface area (Å²) in [7, 11) is 0. The third-order valence-electron chi connectivity index (χ3n) is 5.10. The van der Waals surface area contributed by atoms with Crippen molar-refractivity contribution in [2.45, 2.75) is 64.5 Å². The van der Waals surface area contributed by atoms with Gasteiger partial charge in [0.2, 0.25) is 0 Å². The Morgan fingerprint density at radius 3 is 2.60 bits per heavy atom. The van der Waals surface area contributed by atoms with E-state index in [1.54, 1.807) is 0 Å². The van der Waals surface area contributed by atoms with Crippen LogP contribution in [0.15, 0.2) is 43.5 Å². The lowest BCUT2D eigenvalue weighted by Gasteiger charge is -2.37. The second-order valence-corrected chi connectivity index (χ2v) is 7.65. The molecule has 2 amide bonds. The minimum absolute atomic E-state index is 0.00229. The summed E-state index contributed by atoms with van der Waals surface area (Å²) in [5.74, 6) is 0. The molecule has 0 aromatic heterocycles. The largest absolute Gasteiger partial charge is 0.329 e. The number of benzene rings is 1. The van der Waals surface area contributed by atoms with Crippen molar-refractivity contribution in [3.05, 3.63) is 54.6 Å². The zero-order valence-electron chi connectivity index (χ0n) is 16.0. The minimum atomic E-state index is -0.448. The summed E-state index contributed by atoms with van der Waals surface area (Å²) in [4.78, 5) is 14.9. The summed E-state index contributed by atoms with van der Waals surface area (Å²) in [6, 6.07) is 8.57. The molecule has 0 radical (unpaired) electrons. The zero-order chi connectivity index (χ0) is 18.4. The summed E-state index contributed by atoms with van der Waals surface area (Å²) in [5.41, 5.74) is 2.77. The summed E-state index contributed by atoms with van der Waals surface area (Å²) in [6.07, 6.45) is 7.69. The fraction of sp³-hybridized carbons (Fsp3) is 0.500. The molecule has 3 nitrogen and oxygen atoms in total. The van der Waals surface area contributed by atoms with E-state index in [9.17, 15) is 4.79 Å². The molecule has 136 valence electrons. The van der Waals surface area contributed by atoms with Crippen molar-refractivity contribution < 1.29 is 4.79 Å². The van der Waals surface area contributed by atoms with Crippen molar-refractivity contribution in [2.24, 2.45) is 0 Å². The van der Waals surface area contributed by atoms with Gasteiger partial charge in [-0.25, -0.2) is 4.79 Å².